The number of methoxy groups -OCH3 is 1. The van der Waals surface area contributed by atoms with E-state index in [1.165, 1.54) is 16.7 Å². The summed E-state index contributed by atoms with van der Waals surface area (Å²) in [5, 5.41) is 0.244. The summed E-state index contributed by atoms with van der Waals surface area (Å²) in [5.41, 5.74) is 3.82. The zero-order valence-corrected chi connectivity index (χ0v) is 15.4. The van der Waals surface area contributed by atoms with Crippen molar-refractivity contribution >= 4 is 8.32 Å². The standard InChI is InChI=1S/C17H30O2Si/c1-9-14-10-13(2)16(18-6)11-15(14)12-19-20(7,8)17(3,4)5/h10-11H,9,12H2,1-8H3. The van der Waals surface area contributed by atoms with Gasteiger partial charge >= 0.3 is 0 Å². The first-order chi connectivity index (χ1) is 9.12. The Labute approximate surface area is 125 Å². The van der Waals surface area contributed by atoms with Gasteiger partial charge in [0.25, 0.3) is 0 Å². The van der Waals surface area contributed by atoms with Crippen LogP contribution >= 0.6 is 0 Å². The van der Waals surface area contributed by atoms with Crippen molar-refractivity contribution in [2.75, 3.05) is 7.11 Å². The highest BCUT2D eigenvalue weighted by Crippen LogP contribution is 2.37. The normalized spacial score (nSPS) is 12.6. The van der Waals surface area contributed by atoms with Crippen LogP contribution in [-0.4, -0.2) is 15.4 Å². The number of rotatable bonds is 5. The molecule has 2 nitrogen and oxygen atoms in total. The summed E-state index contributed by atoms with van der Waals surface area (Å²) < 4.78 is 11.8. The number of benzene rings is 1. The van der Waals surface area contributed by atoms with Crippen molar-refractivity contribution in [3.63, 3.8) is 0 Å². The second kappa shape index (κ2) is 6.31. The zero-order valence-electron chi connectivity index (χ0n) is 14.4. The first kappa shape index (κ1) is 17.2. The lowest BCUT2D eigenvalue weighted by atomic mass is 10.0. The van der Waals surface area contributed by atoms with Crippen molar-refractivity contribution in [2.45, 2.75) is 65.8 Å². The molecule has 3 heteroatoms. The van der Waals surface area contributed by atoms with Crippen LogP contribution in [0.15, 0.2) is 12.1 Å². The smallest absolute Gasteiger partial charge is 0.192 e. The predicted octanol–water partition coefficient (Wildman–Crippen LogP) is 5.09. The fourth-order valence-electron chi connectivity index (χ4n) is 1.95. The SMILES string of the molecule is CCc1cc(C)c(OC)cc1CO[Si](C)(C)C(C)(C)C. The average molecular weight is 295 g/mol. The van der Waals surface area contributed by atoms with Gasteiger partial charge in [-0.2, -0.15) is 0 Å². The molecule has 0 saturated heterocycles. The Kier molecular flexibility index (Phi) is 5.44. The number of aryl methyl sites for hydroxylation is 2. The Balaban J connectivity index is 2.98. The van der Waals surface area contributed by atoms with Crippen LogP contribution < -0.4 is 4.74 Å². The van der Waals surface area contributed by atoms with E-state index in [1.54, 1.807) is 7.11 Å². The summed E-state index contributed by atoms with van der Waals surface area (Å²) in [7, 11) is 0.0232. The molecule has 0 saturated carbocycles. The van der Waals surface area contributed by atoms with E-state index in [-0.39, 0.29) is 5.04 Å². The summed E-state index contributed by atoms with van der Waals surface area (Å²) in [5.74, 6) is 0.955. The van der Waals surface area contributed by atoms with E-state index < -0.39 is 8.32 Å². The molecule has 0 aromatic heterocycles. The third kappa shape index (κ3) is 3.86. The predicted molar refractivity (Wildman–Crippen MR) is 89.1 cm³/mol. The van der Waals surface area contributed by atoms with E-state index in [0.29, 0.717) is 6.61 Å². The first-order valence-corrected chi connectivity index (χ1v) is 10.3. The van der Waals surface area contributed by atoms with Gasteiger partial charge in [0.15, 0.2) is 8.32 Å². The minimum Gasteiger partial charge on any atom is -0.496 e. The lowest BCUT2D eigenvalue weighted by molar-refractivity contribution is 0.274. The molecule has 0 aliphatic carbocycles. The Hall–Kier alpha value is -0.803. The summed E-state index contributed by atoms with van der Waals surface area (Å²) in [4.78, 5) is 0. The van der Waals surface area contributed by atoms with Gasteiger partial charge in [0.2, 0.25) is 0 Å². The summed E-state index contributed by atoms with van der Waals surface area (Å²) in [6, 6.07) is 4.37. The van der Waals surface area contributed by atoms with Gasteiger partial charge in [-0.25, -0.2) is 0 Å². The van der Waals surface area contributed by atoms with Crippen molar-refractivity contribution in [1.82, 2.24) is 0 Å². The largest absolute Gasteiger partial charge is 0.496 e. The van der Waals surface area contributed by atoms with Crippen molar-refractivity contribution < 1.29 is 9.16 Å². The van der Waals surface area contributed by atoms with Gasteiger partial charge in [0, 0.05) is 0 Å². The molecule has 0 spiro atoms. The van der Waals surface area contributed by atoms with E-state index in [2.05, 4.69) is 59.8 Å². The molecule has 0 heterocycles. The Morgan fingerprint density at radius 2 is 1.70 bits per heavy atom. The van der Waals surface area contributed by atoms with Crippen LogP contribution in [0.5, 0.6) is 5.75 Å². The van der Waals surface area contributed by atoms with Crippen molar-refractivity contribution in [1.29, 1.82) is 0 Å². The molecule has 20 heavy (non-hydrogen) atoms. The molecular weight excluding hydrogens is 264 g/mol. The van der Waals surface area contributed by atoms with E-state index in [0.717, 1.165) is 12.2 Å². The van der Waals surface area contributed by atoms with Gasteiger partial charge in [-0.1, -0.05) is 33.8 Å². The highest BCUT2D eigenvalue weighted by Gasteiger charge is 2.37. The minimum absolute atomic E-state index is 0.244. The van der Waals surface area contributed by atoms with Crippen LogP contribution in [-0.2, 0) is 17.5 Å². The van der Waals surface area contributed by atoms with Gasteiger partial charge < -0.3 is 9.16 Å². The monoisotopic (exact) mass is 294 g/mol. The number of ether oxygens (including phenoxy) is 1. The maximum atomic E-state index is 6.35. The summed E-state index contributed by atoms with van der Waals surface area (Å²) in [6.45, 7) is 16.4. The van der Waals surface area contributed by atoms with Crippen LogP contribution in [0.2, 0.25) is 18.1 Å². The highest BCUT2D eigenvalue weighted by molar-refractivity contribution is 6.74. The summed E-state index contributed by atoms with van der Waals surface area (Å²) >= 11 is 0. The molecule has 114 valence electrons. The topological polar surface area (TPSA) is 18.5 Å². The first-order valence-electron chi connectivity index (χ1n) is 7.42. The Bertz CT molecular complexity index is 459. The van der Waals surface area contributed by atoms with Crippen LogP contribution in [0, 0.1) is 6.92 Å². The molecule has 0 aliphatic rings. The molecule has 1 aromatic carbocycles. The van der Waals surface area contributed by atoms with E-state index >= 15 is 0 Å². The second-order valence-corrected chi connectivity index (χ2v) is 11.8. The number of hydrogen-bond donors (Lipinski definition) is 0. The molecule has 0 amide bonds. The fraction of sp³-hybridized carbons (Fsp3) is 0.647. The molecule has 0 radical (unpaired) electrons. The summed E-state index contributed by atoms with van der Waals surface area (Å²) in [6.07, 6.45) is 1.03. The molecule has 0 bridgehead atoms. The quantitative estimate of drug-likeness (QED) is 0.704. The molecule has 1 rings (SSSR count). The maximum absolute atomic E-state index is 6.35. The van der Waals surface area contributed by atoms with Gasteiger partial charge in [0.05, 0.1) is 13.7 Å². The molecule has 0 fully saturated rings. The Morgan fingerprint density at radius 1 is 1.10 bits per heavy atom. The van der Waals surface area contributed by atoms with E-state index in [1.807, 2.05) is 0 Å². The fourth-order valence-corrected chi connectivity index (χ4v) is 2.90. The van der Waals surface area contributed by atoms with Gasteiger partial charge in [-0.05, 0) is 54.2 Å². The van der Waals surface area contributed by atoms with Crippen molar-refractivity contribution in [2.24, 2.45) is 0 Å². The van der Waals surface area contributed by atoms with Gasteiger partial charge in [0.1, 0.15) is 5.75 Å². The second-order valence-electron chi connectivity index (χ2n) is 6.99. The van der Waals surface area contributed by atoms with Crippen molar-refractivity contribution in [3.8, 4) is 5.75 Å². The van der Waals surface area contributed by atoms with Gasteiger partial charge in [-0.3, -0.25) is 0 Å². The minimum atomic E-state index is -1.71. The van der Waals surface area contributed by atoms with E-state index in [9.17, 15) is 0 Å². The third-order valence-corrected chi connectivity index (χ3v) is 8.97. The molecule has 0 N–H and O–H groups in total. The van der Waals surface area contributed by atoms with E-state index in [4.69, 9.17) is 9.16 Å². The number of hydrogen-bond acceptors (Lipinski definition) is 2. The van der Waals surface area contributed by atoms with Crippen LogP contribution in [0.1, 0.15) is 44.4 Å². The Morgan fingerprint density at radius 3 is 2.15 bits per heavy atom. The highest BCUT2D eigenvalue weighted by atomic mass is 28.4. The van der Waals surface area contributed by atoms with Crippen molar-refractivity contribution in [3.05, 3.63) is 28.8 Å². The zero-order chi connectivity index (χ0) is 15.6. The van der Waals surface area contributed by atoms with Crippen LogP contribution in [0.25, 0.3) is 0 Å². The molecule has 0 unspecified atom stereocenters. The maximum Gasteiger partial charge on any atom is 0.192 e. The molecule has 0 atom stereocenters. The lowest BCUT2D eigenvalue weighted by Crippen LogP contribution is -2.40. The molecule has 0 aliphatic heterocycles. The lowest BCUT2D eigenvalue weighted by Gasteiger charge is -2.36. The molecule has 1 aromatic rings. The van der Waals surface area contributed by atoms with Crippen LogP contribution in [0.4, 0.5) is 0 Å². The average Bonchev–Trinajstić information content (AvgIpc) is 2.35. The third-order valence-electron chi connectivity index (χ3n) is 4.49. The molecular formula is C17H30O2Si. The van der Waals surface area contributed by atoms with Gasteiger partial charge in [-0.15, -0.1) is 0 Å². The van der Waals surface area contributed by atoms with Crippen LogP contribution in [0.3, 0.4) is 0 Å².